The van der Waals surface area contributed by atoms with E-state index < -0.39 is 35.8 Å². The Kier molecular flexibility index (Phi) is 6.16. The molecule has 0 saturated heterocycles. The van der Waals surface area contributed by atoms with E-state index >= 15 is 0 Å². The number of methoxy groups -OCH3 is 1. The molecule has 0 bridgehead atoms. The molecule has 0 radical (unpaired) electrons. The number of carbonyl (C=O) groups excluding carboxylic acids is 2. The van der Waals surface area contributed by atoms with Crippen molar-refractivity contribution in [1.82, 2.24) is 15.0 Å². The van der Waals surface area contributed by atoms with Crippen molar-refractivity contribution in [2.24, 2.45) is 5.10 Å². The standard InChI is InChI=1S/C23H20N4O6/c1-32-16-9-7-15(8-10-16)19-11-17(14-5-3-2-4-6-14)26-27(19)21(29)13-33-22(30)18-12-20(28)25-23(31)24-18/h2-10,12,19H,11,13H2,1H3,(H2,24,25,28,31). The lowest BCUT2D eigenvalue weighted by Gasteiger charge is -2.22. The van der Waals surface area contributed by atoms with Crippen LogP contribution in [0.3, 0.4) is 0 Å². The number of benzene rings is 2. The van der Waals surface area contributed by atoms with Crippen molar-refractivity contribution in [3.63, 3.8) is 0 Å². The molecule has 2 N–H and O–H groups in total. The van der Waals surface area contributed by atoms with Crippen LogP contribution in [0.1, 0.15) is 34.1 Å². The number of amides is 1. The van der Waals surface area contributed by atoms with Crippen LogP contribution in [0.25, 0.3) is 0 Å². The highest BCUT2D eigenvalue weighted by molar-refractivity contribution is 6.03. The Morgan fingerprint density at radius 2 is 1.79 bits per heavy atom. The van der Waals surface area contributed by atoms with E-state index in [0.717, 1.165) is 22.9 Å². The number of hydrogen-bond acceptors (Lipinski definition) is 7. The number of nitrogens with one attached hydrogen (secondary N) is 2. The van der Waals surface area contributed by atoms with E-state index in [2.05, 4.69) is 10.1 Å². The summed E-state index contributed by atoms with van der Waals surface area (Å²) >= 11 is 0. The third-order valence-corrected chi connectivity index (χ3v) is 5.08. The predicted octanol–water partition coefficient (Wildman–Crippen LogP) is 1.61. The lowest BCUT2D eigenvalue weighted by molar-refractivity contribution is -0.136. The molecule has 1 unspecified atom stereocenters. The number of nitrogens with zero attached hydrogens (tertiary/aromatic N) is 2. The minimum absolute atomic E-state index is 0.349. The molecule has 10 heteroatoms. The summed E-state index contributed by atoms with van der Waals surface area (Å²) in [7, 11) is 1.57. The van der Waals surface area contributed by atoms with Crippen LogP contribution < -0.4 is 16.0 Å². The first-order valence-corrected chi connectivity index (χ1v) is 10.0. The van der Waals surface area contributed by atoms with E-state index in [9.17, 15) is 19.2 Å². The molecule has 0 aliphatic carbocycles. The molecule has 2 aromatic carbocycles. The number of hydrogen-bond donors (Lipinski definition) is 2. The second kappa shape index (κ2) is 9.35. The molecule has 0 saturated carbocycles. The van der Waals surface area contributed by atoms with Crippen LogP contribution in [0.2, 0.25) is 0 Å². The number of hydrazone groups is 1. The average molecular weight is 448 g/mol. The summed E-state index contributed by atoms with van der Waals surface area (Å²) in [5.74, 6) is -0.874. The molecular formula is C23H20N4O6. The van der Waals surface area contributed by atoms with E-state index in [4.69, 9.17) is 9.47 Å². The molecule has 1 atom stereocenters. The van der Waals surface area contributed by atoms with Gasteiger partial charge in [-0.1, -0.05) is 42.5 Å². The average Bonchev–Trinajstić information content (AvgIpc) is 3.28. The summed E-state index contributed by atoms with van der Waals surface area (Å²) in [5, 5.41) is 5.79. The van der Waals surface area contributed by atoms with E-state index in [0.29, 0.717) is 12.2 Å². The zero-order chi connectivity index (χ0) is 23.4. The lowest BCUT2D eigenvalue weighted by Crippen LogP contribution is -2.32. The van der Waals surface area contributed by atoms with Crippen molar-refractivity contribution in [2.75, 3.05) is 13.7 Å². The van der Waals surface area contributed by atoms with Crippen molar-refractivity contribution in [3.05, 3.63) is 98.3 Å². The zero-order valence-electron chi connectivity index (χ0n) is 17.6. The zero-order valence-corrected chi connectivity index (χ0v) is 17.6. The van der Waals surface area contributed by atoms with E-state index in [1.54, 1.807) is 19.2 Å². The van der Waals surface area contributed by atoms with Gasteiger partial charge in [-0.15, -0.1) is 0 Å². The van der Waals surface area contributed by atoms with Gasteiger partial charge in [-0.3, -0.25) is 14.6 Å². The number of ether oxygens (including phenoxy) is 2. The Labute approximate surface area is 187 Å². The van der Waals surface area contributed by atoms with Crippen LogP contribution in [0.4, 0.5) is 0 Å². The predicted molar refractivity (Wildman–Crippen MR) is 118 cm³/mol. The molecule has 1 aliphatic rings. The molecule has 4 rings (SSSR count). The molecule has 1 aliphatic heterocycles. The third kappa shape index (κ3) is 4.90. The molecular weight excluding hydrogens is 428 g/mol. The first kappa shape index (κ1) is 21.8. The Balaban J connectivity index is 1.55. The minimum atomic E-state index is -1.00. The van der Waals surface area contributed by atoms with Gasteiger partial charge in [-0.2, -0.15) is 5.10 Å². The second-order valence-electron chi connectivity index (χ2n) is 7.22. The SMILES string of the molecule is COc1ccc(C2CC(c3ccccc3)=NN2C(=O)COC(=O)c2cc(=O)[nH]c(=O)[nH]2)cc1. The molecule has 10 nitrogen and oxygen atoms in total. The molecule has 1 aromatic heterocycles. The summed E-state index contributed by atoms with van der Waals surface area (Å²) in [6.45, 7) is -0.619. The van der Waals surface area contributed by atoms with Gasteiger partial charge in [0.15, 0.2) is 6.61 Å². The number of H-pyrrole nitrogens is 2. The number of aromatic nitrogens is 2. The molecule has 2 heterocycles. The minimum Gasteiger partial charge on any atom is -0.497 e. The number of esters is 1. The molecule has 33 heavy (non-hydrogen) atoms. The molecule has 3 aromatic rings. The maximum atomic E-state index is 13.0. The van der Waals surface area contributed by atoms with E-state index in [1.165, 1.54) is 5.01 Å². The van der Waals surface area contributed by atoms with Crippen LogP contribution in [-0.4, -0.2) is 46.3 Å². The Hall–Kier alpha value is -4.47. The fraction of sp³-hybridized carbons (Fsp3) is 0.174. The first-order chi connectivity index (χ1) is 15.9. The topological polar surface area (TPSA) is 134 Å². The summed E-state index contributed by atoms with van der Waals surface area (Å²) in [6.07, 6.45) is 0.470. The smallest absolute Gasteiger partial charge is 0.355 e. The third-order valence-electron chi connectivity index (χ3n) is 5.08. The van der Waals surface area contributed by atoms with Crippen molar-refractivity contribution < 1.29 is 19.1 Å². The fourth-order valence-electron chi connectivity index (χ4n) is 3.48. The van der Waals surface area contributed by atoms with E-state index in [-0.39, 0.29) is 5.69 Å². The van der Waals surface area contributed by atoms with Crippen molar-refractivity contribution in [3.8, 4) is 5.75 Å². The summed E-state index contributed by atoms with van der Waals surface area (Å²) in [4.78, 5) is 52.1. The van der Waals surface area contributed by atoms with Gasteiger partial charge in [0.05, 0.1) is 18.9 Å². The highest BCUT2D eigenvalue weighted by atomic mass is 16.5. The number of rotatable bonds is 6. The van der Waals surface area contributed by atoms with Crippen molar-refractivity contribution in [2.45, 2.75) is 12.5 Å². The summed E-state index contributed by atoms with van der Waals surface area (Å²) < 4.78 is 10.2. The van der Waals surface area contributed by atoms with E-state index in [1.807, 2.05) is 47.4 Å². The normalized spacial score (nSPS) is 15.1. The van der Waals surface area contributed by atoms with Gasteiger partial charge in [0.1, 0.15) is 11.4 Å². The van der Waals surface area contributed by atoms with Gasteiger partial charge in [0, 0.05) is 12.5 Å². The number of aromatic amines is 2. The number of carbonyl (C=O) groups is 2. The quantitative estimate of drug-likeness (QED) is 0.550. The van der Waals surface area contributed by atoms with Crippen LogP contribution in [0.15, 0.2) is 75.4 Å². The molecule has 0 spiro atoms. The Morgan fingerprint density at radius 3 is 2.45 bits per heavy atom. The first-order valence-electron chi connectivity index (χ1n) is 10.0. The maximum Gasteiger partial charge on any atom is 0.355 e. The second-order valence-corrected chi connectivity index (χ2v) is 7.22. The summed E-state index contributed by atoms with van der Waals surface area (Å²) in [5.41, 5.74) is 0.479. The highest BCUT2D eigenvalue weighted by Crippen LogP contribution is 2.33. The van der Waals surface area contributed by atoms with Gasteiger partial charge in [0.2, 0.25) is 0 Å². The Morgan fingerprint density at radius 1 is 1.06 bits per heavy atom. The fourth-order valence-corrected chi connectivity index (χ4v) is 3.48. The molecule has 1 amide bonds. The van der Waals surface area contributed by atoms with Crippen LogP contribution >= 0.6 is 0 Å². The van der Waals surface area contributed by atoms with Gasteiger partial charge in [-0.25, -0.2) is 14.6 Å². The van der Waals surface area contributed by atoms with Crippen LogP contribution in [-0.2, 0) is 9.53 Å². The summed E-state index contributed by atoms with van der Waals surface area (Å²) in [6, 6.07) is 17.2. The lowest BCUT2D eigenvalue weighted by atomic mass is 9.98. The van der Waals surface area contributed by atoms with Gasteiger partial charge < -0.3 is 14.5 Å². The Bertz CT molecular complexity index is 1280. The molecule has 168 valence electrons. The van der Waals surface area contributed by atoms with Gasteiger partial charge in [0.25, 0.3) is 11.5 Å². The maximum absolute atomic E-state index is 13.0. The van der Waals surface area contributed by atoms with Gasteiger partial charge >= 0.3 is 11.7 Å². The van der Waals surface area contributed by atoms with Crippen LogP contribution in [0.5, 0.6) is 5.75 Å². The van der Waals surface area contributed by atoms with Crippen LogP contribution in [0, 0.1) is 0 Å². The molecule has 0 fully saturated rings. The van der Waals surface area contributed by atoms with Crippen molar-refractivity contribution >= 4 is 17.6 Å². The largest absolute Gasteiger partial charge is 0.497 e. The van der Waals surface area contributed by atoms with Gasteiger partial charge in [-0.05, 0) is 23.3 Å². The monoisotopic (exact) mass is 448 g/mol. The highest BCUT2D eigenvalue weighted by Gasteiger charge is 2.33. The van der Waals surface area contributed by atoms with Crippen molar-refractivity contribution in [1.29, 1.82) is 0 Å².